The Hall–Kier alpha value is -2.93. The Kier molecular flexibility index (Phi) is 5.76. The van der Waals surface area contributed by atoms with Gasteiger partial charge in [0.15, 0.2) is 0 Å². The highest BCUT2D eigenvalue weighted by molar-refractivity contribution is 6.07. The lowest BCUT2D eigenvalue weighted by molar-refractivity contribution is 0.0303. The minimum Gasteiger partial charge on any atom is -0.378 e. The van der Waals surface area contributed by atoms with Gasteiger partial charge in [0.25, 0.3) is 11.8 Å². The second kappa shape index (κ2) is 8.61. The van der Waals surface area contributed by atoms with Crippen LogP contribution >= 0.6 is 0 Å². The molecule has 2 fully saturated rings. The van der Waals surface area contributed by atoms with Crippen LogP contribution in [-0.2, 0) is 4.74 Å². The van der Waals surface area contributed by atoms with Gasteiger partial charge >= 0.3 is 0 Å². The van der Waals surface area contributed by atoms with Gasteiger partial charge < -0.3 is 19.9 Å². The van der Waals surface area contributed by atoms with Gasteiger partial charge in [-0.3, -0.25) is 9.59 Å². The molecule has 1 N–H and O–H groups in total. The van der Waals surface area contributed by atoms with Crippen molar-refractivity contribution in [3.63, 3.8) is 0 Å². The molecule has 4 rings (SSSR count). The van der Waals surface area contributed by atoms with Crippen molar-refractivity contribution in [1.82, 2.24) is 4.90 Å². The van der Waals surface area contributed by atoms with Gasteiger partial charge in [-0.25, -0.2) is 4.39 Å². The highest BCUT2D eigenvalue weighted by atomic mass is 19.1. The van der Waals surface area contributed by atoms with Crippen LogP contribution in [0.25, 0.3) is 0 Å². The molecule has 0 atom stereocenters. The molecule has 2 aliphatic rings. The van der Waals surface area contributed by atoms with Gasteiger partial charge in [-0.05, 0) is 43.2 Å². The first-order chi connectivity index (χ1) is 14.1. The van der Waals surface area contributed by atoms with E-state index < -0.39 is 11.7 Å². The normalized spacial score (nSPS) is 16.7. The quantitative estimate of drug-likeness (QED) is 0.861. The van der Waals surface area contributed by atoms with Crippen LogP contribution in [0.15, 0.2) is 42.5 Å². The minimum absolute atomic E-state index is 0.0234. The van der Waals surface area contributed by atoms with Crippen molar-refractivity contribution >= 4 is 23.2 Å². The van der Waals surface area contributed by atoms with E-state index in [1.54, 1.807) is 29.2 Å². The molecule has 0 bridgehead atoms. The zero-order valence-electron chi connectivity index (χ0n) is 16.2. The highest BCUT2D eigenvalue weighted by Crippen LogP contribution is 2.31. The van der Waals surface area contributed by atoms with E-state index >= 15 is 0 Å². The molecule has 7 heteroatoms. The molecule has 2 aromatic rings. The molecule has 0 radical (unpaired) electrons. The Morgan fingerprint density at radius 3 is 2.41 bits per heavy atom. The lowest BCUT2D eigenvalue weighted by Crippen LogP contribution is -2.40. The molecule has 0 spiro atoms. The number of hydrogen-bond donors (Lipinski definition) is 1. The minimum atomic E-state index is -0.576. The monoisotopic (exact) mass is 397 g/mol. The molecule has 0 unspecified atom stereocenters. The van der Waals surface area contributed by atoms with E-state index in [2.05, 4.69) is 10.2 Å². The Morgan fingerprint density at radius 1 is 0.966 bits per heavy atom. The first-order valence-electron chi connectivity index (χ1n) is 9.95. The summed E-state index contributed by atoms with van der Waals surface area (Å²) in [6, 6.07) is 11.2. The van der Waals surface area contributed by atoms with Gasteiger partial charge in [-0.1, -0.05) is 12.1 Å². The van der Waals surface area contributed by atoms with E-state index in [4.69, 9.17) is 4.74 Å². The second-order valence-electron chi connectivity index (χ2n) is 7.26. The summed E-state index contributed by atoms with van der Waals surface area (Å²) in [6.45, 7) is 3.91. The summed E-state index contributed by atoms with van der Waals surface area (Å²) < 4.78 is 19.4. The van der Waals surface area contributed by atoms with E-state index in [-0.39, 0.29) is 11.5 Å². The maximum atomic E-state index is 14.1. The molecule has 2 heterocycles. The molecule has 2 saturated heterocycles. The van der Waals surface area contributed by atoms with Gasteiger partial charge in [-0.15, -0.1) is 0 Å². The van der Waals surface area contributed by atoms with Crippen LogP contribution in [0.1, 0.15) is 33.6 Å². The van der Waals surface area contributed by atoms with Gasteiger partial charge in [0.2, 0.25) is 0 Å². The maximum absolute atomic E-state index is 14.1. The van der Waals surface area contributed by atoms with Crippen LogP contribution in [0.3, 0.4) is 0 Å². The third-order valence-corrected chi connectivity index (χ3v) is 5.36. The molecule has 2 amide bonds. The Labute approximate surface area is 169 Å². The average molecular weight is 397 g/mol. The van der Waals surface area contributed by atoms with Crippen LogP contribution in [0.4, 0.5) is 15.8 Å². The predicted octanol–water partition coefficient (Wildman–Crippen LogP) is 3.15. The SMILES string of the molecule is O=C(Nc1cc(C(=O)N2CCOCC2)ccc1N1CCCC1)c1ccccc1F. The number of morpholine rings is 1. The third-order valence-electron chi connectivity index (χ3n) is 5.36. The summed E-state index contributed by atoms with van der Waals surface area (Å²) in [5.41, 5.74) is 1.86. The average Bonchev–Trinajstić information content (AvgIpc) is 3.28. The lowest BCUT2D eigenvalue weighted by atomic mass is 10.1. The molecular formula is C22H24FN3O3. The molecule has 0 saturated carbocycles. The zero-order valence-corrected chi connectivity index (χ0v) is 16.2. The summed E-state index contributed by atoms with van der Waals surface area (Å²) in [7, 11) is 0. The van der Waals surface area contributed by atoms with Crippen LogP contribution in [0, 0.1) is 5.82 Å². The number of anilines is 2. The van der Waals surface area contributed by atoms with Crippen LogP contribution < -0.4 is 10.2 Å². The molecule has 0 aliphatic carbocycles. The van der Waals surface area contributed by atoms with E-state index in [0.717, 1.165) is 31.6 Å². The van der Waals surface area contributed by atoms with Crippen molar-refractivity contribution in [2.45, 2.75) is 12.8 Å². The molecule has 0 aromatic heterocycles. The van der Waals surface area contributed by atoms with Crippen molar-refractivity contribution < 1.29 is 18.7 Å². The van der Waals surface area contributed by atoms with Crippen molar-refractivity contribution in [3.05, 3.63) is 59.4 Å². The van der Waals surface area contributed by atoms with Crippen LogP contribution in [0.2, 0.25) is 0 Å². The second-order valence-corrected chi connectivity index (χ2v) is 7.26. The number of nitrogens with one attached hydrogen (secondary N) is 1. The molecule has 2 aromatic carbocycles. The number of carbonyl (C=O) groups is 2. The van der Waals surface area contributed by atoms with E-state index in [1.165, 1.54) is 12.1 Å². The number of carbonyl (C=O) groups excluding carboxylic acids is 2. The van der Waals surface area contributed by atoms with Crippen molar-refractivity contribution in [2.75, 3.05) is 49.6 Å². The standard InChI is InChI=1S/C22H24FN3O3/c23-18-6-2-1-5-17(18)21(27)24-19-15-16(22(28)26-11-13-29-14-12-26)7-8-20(19)25-9-3-4-10-25/h1-2,5-8,15H,3-4,9-14H2,(H,24,27). The number of rotatable bonds is 4. The van der Waals surface area contributed by atoms with Crippen molar-refractivity contribution in [2.24, 2.45) is 0 Å². The van der Waals surface area contributed by atoms with Crippen LogP contribution in [0.5, 0.6) is 0 Å². The number of ether oxygens (including phenoxy) is 1. The first-order valence-corrected chi connectivity index (χ1v) is 9.95. The van der Waals surface area contributed by atoms with E-state index in [9.17, 15) is 14.0 Å². The lowest BCUT2D eigenvalue weighted by Gasteiger charge is -2.28. The fourth-order valence-corrected chi connectivity index (χ4v) is 3.79. The summed E-state index contributed by atoms with van der Waals surface area (Å²) in [5, 5.41) is 2.83. The van der Waals surface area contributed by atoms with E-state index in [1.807, 2.05) is 6.07 Å². The fraction of sp³-hybridized carbons (Fsp3) is 0.364. The summed E-state index contributed by atoms with van der Waals surface area (Å²) in [5.74, 6) is -1.20. The van der Waals surface area contributed by atoms with Crippen molar-refractivity contribution in [3.8, 4) is 0 Å². The summed E-state index contributed by atoms with van der Waals surface area (Å²) in [4.78, 5) is 29.5. The maximum Gasteiger partial charge on any atom is 0.258 e. The first kappa shape index (κ1) is 19.4. The fourth-order valence-electron chi connectivity index (χ4n) is 3.79. The number of hydrogen-bond acceptors (Lipinski definition) is 4. The van der Waals surface area contributed by atoms with Crippen molar-refractivity contribution in [1.29, 1.82) is 0 Å². The summed E-state index contributed by atoms with van der Waals surface area (Å²) in [6.07, 6.45) is 2.16. The Bertz CT molecular complexity index is 906. The van der Waals surface area contributed by atoms with E-state index in [0.29, 0.717) is 37.6 Å². The third kappa shape index (κ3) is 4.24. The molecule has 2 aliphatic heterocycles. The molecule has 29 heavy (non-hydrogen) atoms. The molecular weight excluding hydrogens is 373 g/mol. The molecule has 152 valence electrons. The highest BCUT2D eigenvalue weighted by Gasteiger charge is 2.23. The number of benzene rings is 2. The number of amides is 2. The molecule has 6 nitrogen and oxygen atoms in total. The largest absolute Gasteiger partial charge is 0.378 e. The van der Waals surface area contributed by atoms with Gasteiger partial charge in [-0.2, -0.15) is 0 Å². The smallest absolute Gasteiger partial charge is 0.258 e. The van der Waals surface area contributed by atoms with Gasteiger partial charge in [0.1, 0.15) is 5.82 Å². The van der Waals surface area contributed by atoms with Gasteiger partial charge in [0.05, 0.1) is 30.2 Å². The topological polar surface area (TPSA) is 61.9 Å². The summed E-state index contributed by atoms with van der Waals surface area (Å²) >= 11 is 0. The number of nitrogens with zero attached hydrogens (tertiary/aromatic N) is 2. The predicted molar refractivity (Wildman–Crippen MR) is 109 cm³/mol. The van der Waals surface area contributed by atoms with Gasteiger partial charge in [0, 0.05) is 31.7 Å². The Balaban J connectivity index is 1.64. The van der Waals surface area contributed by atoms with Crippen LogP contribution in [-0.4, -0.2) is 56.1 Å². The Morgan fingerprint density at radius 2 is 1.69 bits per heavy atom. The number of halogens is 1. The zero-order chi connectivity index (χ0) is 20.2.